The van der Waals surface area contributed by atoms with Crippen LogP contribution in [-0.2, 0) is 11.4 Å². The smallest absolute Gasteiger partial charge is 0.357 e. The third-order valence-corrected chi connectivity index (χ3v) is 1.87. The highest BCUT2D eigenvalue weighted by atomic mass is 35.5. The van der Waals surface area contributed by atoms with E-state index < -0.39 is 11.4 Å². The second-order valence-electron chi connectivity index (χ2n) is 2.23. The number of benzene rings is 1. The lowest BCUT2D eigenvalue weighted by Gasteiger charge is -2.02. The minimum atomic E-state index is -2.32. The molecule has 0 amide bonds. The van der Waals surface area contributed by atoms with Crippen LogP contribution in [0, 0.1) is 6.92 Å². The van der Waals surface area contributed by atoms with Gasteiger partial charge in [-0.05, 0) is 24.6 Å². The molecule has 0 saturated heterocycles. The molecule has 0 aliphatic heterocycles. The topological polar surface area (TPSA) is 46.5 Å². The summed E-state index contributed by atoms with van der Waals surface area (Å²) in [6, 6.07) is 4.95. The van der Waals surface area contributed by atoms with Crippen LogP contribution in [0.2, 0.25) is 5.02 Å². The zero-order valence-electron chi connectivity index (χ0n) is 6.28. The fourth-order valence-electron chi connectivity index (χ4n) is 0.750. The molecular formula is C7H7ClO3S. The van der Waals surface area contributed by atoms with Crippen molar-refractivity contribution in [1.82, 2.24) is 0 Å². The first kappa shape index (κ1) is 9.51. The van der Waals surface area contributed by atoms with E-state index in [0.29, 0.717) is 5.02 Å². The number of aryl methyl sites for hydroxylation is 1. The predicted octanol–water partition coefficient (Wildman–Crippen LogP) is 2.16. The third-order valence-electron chi connectivity index (χ3n) is 1.25. The summed E-state index contributed by atoms with van der Waals surface area (Å²) in [7, 11) is 0. The normalized spacial score (nSPS) is 12.6. The largest absolute Gasteiger partial charge is 0.379 e. The van der Waals surface area contributed by atoms with Crippen molar-refractivity contribution >= 4 is 23.0 Å². The lowest BCUT2D eigenvalue weighted by molar-refractivity contribution is 0.458. The van der Waals surface area contributed by atoms with Crippen molar-refractivity contribution in [2.75, 3.05) is 0 Å². The molecule has 3 nitrogen and oxygen atoms in total. The molecule has 0 aliphatic carbocycles. The molecule has 0 radical (unpaired) electrons. The lowest BCUT2D eigenvalue weighted by atomic mass is 10.2. The van der Waals surface area contributed by atoms with Gasteiger partial charge in [-0.15, -0.1) is 0 Å². The minimum absolute atomic E-state index is 0.211. The molecular weight excluding hydrogens is 200 g/mol. The Kier molecular flexibility index (Phi) is 3.08. The lowest BCUT2D eigenvalue weighted by Crippen LogP contribution is -1.97. The van der Waals surface area contributed by atoms with Crippen LogP contribution >= 0.6 is 11.6 Å². The Balaban J connectivity index is 2.93. The molecule has 1 N–H and O–H groups in total. The number of hydrogen-bond donors (Lipinski definition) is 1. The first-order valence-corrected chi connectivity index (χ1v) is 4.56. The van der Waals surface area contributed by atoms with Crippen LogP contribution in [0.5, 0.6) is 5.75 Å². The molecule has 1 aromatic rings. The van der Waals surface area contributed by atoms with Gasteiger partial charge in [0.2, 0.25) is 0 Å². The summed E-state index contributed by atoms with van der Waals surface area (Å²) in [6.07, 6.45) is 0. The van der Waals surface area contributed by atoms with E-state index >= 15 is 0 Å². The van der Waals surface area contributed by atoms with Gasteiger partial charge in [0.1, 0.15) is 0 Å². The van der Waals surface area contributed by atoms with E-state index in [1.54, 1.807) is 18.2 Å². The minimum Gasteiger partial charge on any atom is -0.379 e. The first-order chi connectivity index (χ1) is 5.59. The molecule has 1 aromatic carbocycles. The van der Waals surface area contributed by atoms with Gasteiger partial charge in [0.25, 0.3) is 0 Å². The van der Waals surface area contributed by atoms with Crippen LogP contribution in [0.4, 0.5) is 0 Å². The van der Waals surface area contributed by atoms with Gasteiger partial charge < -0.3 is 4.18 Å². The molecule has 0 heterocycles. The highest BCUT2D eigenvalue weighted by Crippen LogP contribution is 2.25. The van der Waals surface area contributed by atoms with E-state index in [0.717, 1.165) is 5.56 Å². The molecule has 1 atom stereocenters. The number of rotatable bonds is 2. The van der Waals surface area contributed by atoms with Crippen LogP contribution in [0.15, 0.2) is 18.2 Å². The van der Waals surface area contributed by atoms with Crippen molar-refractivity contribution in [2.45, 2.75) is 6.92 Å². The van der Waals surface area contributed by atoms with Crippen LogP contribution in [0.1, 0.15) is 5.56 Å². The Bertz CT molecular complexity index is 314. The van der Waals surface area contributed by atoms with Crippen LogP contribution < -0.4 is 4.18 Å². The highest BCUT2D eigenvalue weighted by molar-refractivity contribution is 7.74. The SMILES string of the molecule is Cc1ccc(OS(=O)O)c(Cl)c1. The molecule has 0 fully saturated rings. The van der Waals surface area contributed by atoms with Gasteiger partial charge in [-0.2, -0.15) is 4.21 Å². The summed E-state index contributed by atoms with van der Waals surface area (Å²) in [5.74, 6) is 0.211. The zero-order valence-corrected chi connectivity index (χ0v) is 7.85. The summed E-state index contributed by atoms with van der Waals surface area (Å²) >= 11 is 3.39. The molecule has 1 rings (SSSR count). The maximum absolute atomic E-state index is 10.2. The summed E-state index contributed by atoms with van der Waals surface area (Å²) in [5.41, 5.74) is 0.969. The second-order valence-corrected chi connectivity index (χ2v) is 3.24. The first-order valence-electron chi connectivity index (χ1n) is 3.15. The summed E-state index contributed by atoms with van der Waals surface area (Å²) in [4.78, 5) is 0. The van der Waals surface area contributed by atoms with Gasteiger partial charge in [-0.3, -0.25) is 4.55 Å². The van der Waals surface area contributed by atoms with Crippen molar-refractivity contribution in [3.63, 3.8) is 0 Å². The molecule has 5 heteroatoms. The maximum Gasteiger partial charge on any atom is 0.357 e. The number of hydrogen-bond acceptors (Lipinski definition) is 2. The van der Waals surface area contributed by atoms with Gasteiger partial charge in [0.05, 0.1) is 5.02 Å². The third kappa shape index (κ3) is 2.48. The highest BCUT2D eigenvalue weighted by Gasteiger charge is 2.03. The maximum atomic E-state index is 10.2. The van der Waals surface area contributed by atoms with Crippen LogP contribution in [0.3, 0.4) is 0 Å². The second kappa shape index (κ2) is 3.89. The van der Waals surface area contributed by atoms with Crippen molar-refractivity contribution < 1.29 is 12.9 Å². The zero-order chi connectivity index (χ0) is 9.14. The molecule has 12 heavy (non-hydrogen) atoms. The fraction of sp³-hybridized carbons (Fsp3) is 0.143. The van der Waals surface area contributed by atoms with Crippen molar-refractivity contribution in [2.24, 2.45) is 0 Å². The van der Waals surface area contributed by atoms with E-state index in [2.05, 4.69) is 4.18 Å². The molecule has 0 spiro atoms. The van der Waals surface area contributed by atoms with Crippen molar-refractivity contribution in [3.8, 4) is 5.75 Å². The average Bonchev–Trinajstić information content (AvgIpc) is 1.94. The molecule has 0 saturated carbocycles. The van der Waals surface area contributed by atoms with Gasteiger partial charge in [-0.1, -0.05) is 17.7 Å². The van der Waals surface area contributed by atoms with Crippen molar-refractivity contribution in [3.05, 3.63) is 28.8 Å². The quantitative estimate of drug-likeness (QED) is 0.755. The van der Waals surface area contributed by atoms with E-state index in [9.17, 15) is 4.21 Å². The molecule has 0 aliphatic rings. The van der Waals surface area contributed by atoms with Crippen LogP contribution in [-0.4, -0.2) is 8.76 Å². The summed E-state index contributed by atoms with van der Waals surface area (Å²) < 4.78 is 23.1. The summed E-state index contributed by atoms with van der Waals surface area (Å²) in [5, 5.41) is 0.331. The van der Waals surface area contributed by atoms with E-state index in [1.807, 2.05) is 6.92 Å². The monoisotopic (exact) mass is 206 g/mol. The van der Waals surface area contributed by atoms with E-state index in [1.165, 1.54) is 0 Å². The molecule has 0 aromatic heterocycles. The van der Waals surface area contributed by atoms with Gasteiger partial charge >= 0.3 is 11.4 Å². The Morgan fingerprint density at radius 2 is 2.25 bits per heavy atom. The van der Waals surface area contributed by atoms with E-state index in [-0.39, 0.29) is 5.75 Å². The van der Waals surface area contributed by atoms with E-state index in [4.69, 9.17) is 16.2 Å². The molecule has 66 valence electrons. The Labute approximate surface area is 77.8 Å². The average molecular weight is 207 g/mol. The fourth-order valence-corrected chi connectivity index (χ4v) is 1.37. The van der Waals surface area contributed by atoms with Crippen LogP contribution in [0.25, 0.3) is 0 Å². The van der Waals surface area contributed by atoms with Gasteiger partial charge in [0.15, 0.2) is 5.75 Å². The van der Waals surface area contributed by atoms with Gasteiger partial charge in [-0.25, -0.2) is 0 Å². The molecule has 0 bridgehead atoms. The summed E-state index contributed by atoms with van der Waals surface area (Å²) in [6.45, 7) is 1.87. The van der Waals surface area contributed by atoms with Gasteiger partial charge in [0, 0.05) is 0 Å². The molecule has 1 unspecified atom stereocenters. The Hall–Kier alpha value is -0.580. The number of halogens is 1. The standard InChI is InChI=1S/C7H7ClO3S/c1-5-2-3-7(6(8)4-5)11-12(9)10/h2-4H,1H3,(H,9,10). The predicted molar refractivity (Wildman–Crippen MR) is 47.6 cm³/mol. The Morgan fingerprint density at radius 3 is 2.75 bits per heavy atom. The van der Waals surface area contributed by atoms with Crippen molar-refractivity contribution in [1.29, 1.82) is 0 Å². The Morgan fingerprint density at radius 1 is 1.58 bits per heavy atom.